The number of hydrogen-bond acceptors (Lipinski definition) is 4. The van der Waals surface area contributed by atoms with Gasteiger partial charge in [-0.05, 0) is 32.4 Å². The minimum atomic E-state index is -3.55. The number of hydrogen-bond donors (Lipinski definition) is 1. The lowest BCUT2D eigenvalue weighted by Gasteiger charge is -2.13. The van der Waals surface area contributed by atoms with E-state index in [-0.39, 0.29) is 16.7 Å². The lowest BCUT2D eigenvalue weighted by Crippen LogP contribution is -2.33. The van der Waals surface area contributed by atoms with Gasteiger partial charge in [-0.1, -0.05) is 12.1 Å². The normalized spacial score (nSPS) is 13.2. The van der Waals surface area contributed by atoms with Crippen molar-refractivity contribution in [2.24, 2.45) is 0 Å². The molecule has 5 nitrogen and oxygen atoms in total. The molecule has 0 aliphatic carbocycles. The Morgan fingerprint density at radius 2 is 1.89 bits per heavy atom. The van der Waals surface area contributed by atoms with Crippen LogP contribution < -0.4 is 4.72 Å². The number of ketones is 1. The molecule has 1 rings (SSSR count). The van der Waals surface area contributed by atoms with E-state index in [0.717, 1.165) is 0 Å². The Labute approximate surface area is 114 Å². The summed E-state index contributed by atoms with van der Waals surface area (Å²) in [6.45, 7) is 3.71. The third-order valence-electron chi connectivity index (χ3n) is 2.68. The summed E-state index contributed by atoms with van der Waals surface area (Å²) in [5.41, 5.74) is 0.492. The molecule has 0 saturated carbocycles. The zero-order chi connectivity index (χ0) is 14.5. The van der Waals surface area contributed by atoms with Gasteiger partial charge in [0.25, 0.3) is 0 Å². The van der Waals surface area contributed by atoms with Crippen LogP contribution >= 0.6 is 0 Å². The number of methoxy groups -OCH3 is 1. The van der Waals surface area contributed by atoms with Crippen molar-refractivity contribution in [3.05, 3.63) is 29.8 Å². The molecule has 1 aromatic carbocycles. The Balaban J connectivity index is 2.79. The van der Waals surface area contributed by atoms with Gasteiger partial charge in [0.15, 0.2) is 5.78 Å². The van der Waals surface area contributed by atoms with Gasteiger partial charge in [0, 0.05) is 25.3 Å². The quantitative estimate of drug-likeness (QED) is 0.772. The molecular formula is C13H19NO4S. The highest BCUT2D eigenvalue weighted by atomic mass is 32.2. The zero-order valence-electron chi connectivity index (χ0n) is 11.3. The van der Waals surface area contributed by atoms with E-state index in [1.807, 2.05) is 0 Å². The average Bonchev–Trinajstić information content (AvgIpc) is 2.36. The lowest BCUT2D eigenvalue weighted by atomic mass is 10.2. The van der Waals surface area contributed by atoms with Crippen LogP contribution in [-0.2, 0) is 14.8 Å². The topological polar surface area (TPSA) is 72.5 Å². The van der Waals surface area contributed by atoms with Crippen molar-refractivity contribution in [3.8, 4) is 0 Å². The van der Waals surface area contributed by atoms with Gasteiger partial charge in [0.05, 0.1) is 4.90 Å². The van der Waals surface area contributed by atoms with Gasteiger partial charge >= 0.3 is 0 Å². The number of carbonyl (C=O) groups is 1. The SMILES string of the molecule is COCCC(C)NS(=O)(=O)c1ccc(C(C)=O)cc1. The number of ether oxygens (including phenoxy) is 1. The molecule has 0 heterocycles. The molecule has 0 saturated heterocycles. The third kappa shape index (κ3) is 4.74. The van der Waals surface area contributed by atoms with E-state index >= 15 is 0 Å². The fraction of sp³-hybridized carbons (Fsp3) is 0.462. The zero-order valence-corrected chi connectivity index (χ0v) is 12.2. The van der Waals surface area contributed by atoms with Crippen LogP contribution in [0.2, 0.25) is 0 Å². The van der Waals surface area contributed by atoms with Crippen LogP contribution in [0, 0.1) is 0 Å². The van der Waals surface area contributed by atoms with Gasteiger partial charge in [-0.15, -0.1) is 0 Å². The Hall–Kier alpha value is -1.24. The first-order valence-corrected chi connectivity index (χ1v) is 7.47. The summed E-state index contributed by atoms with van der Waals surface area (Å²) >= 11 is 0. The van der Waals surface area contributed by atoms with Gasteiger partial charge in [0.2, 0.25) is 10.0 Å². The number of carbonyl (C=O) groups excluding carboxylic acids is 1. The second kappa shape index (κ2) is 6.79. The number of nitrogens with one attached hydrogen (secondary N) is 1. The van der Waals surface area contributed by atoms with Crippen molar-refractivity contribution in [3.63, 3.8) is 0 Å². The molecular weight excluding hydrogens is 266 g/mol. The first-order valence-electron chi connectivity index (χ1n) is 5.99. The number of sulfonamides is 1. The van der Waals surface area contributed by atoms with Gasteiger partial charge in [-0.25, -0.2) is 13.1 Å². The van der Waals surface area contributed by atoms with E-state index in [2.05, 4.69) is 4.72 Å². The third-order valence-corrected chi connectivity index (χ3v) is 4.29. The molecule has 0 bridgehead atoms. The molecule has 1 aromatic rings. The molecule has 0 radical (unpaired) electrons. The van der Waals surface area contributed by atoms with Crippen molar-refractivity contribution < 1.29 is 17.9 Å². The first kappa shape index (κ1) is 15.8. The van der Waals surface area contributed by atoms with E-state index in [4.69, 9.17) is 4.74 Å². The number of benzene rings is 1. The Morgan fingerprint density at radius 1 is 1.32 bits per heavy atom. The summed E-state index contributed by atoms with van der Waals surface area (Å²) in [5, 5.41) is 0. The molecule has 0 aliphatic heterocycles. The Kier molecular flexibility index (Phi) is 5.65. The van der Waals surface area contributed by atoms with Crippen LogP contribution in [0.1, 0.15) is 30.6 Å². The summed E-state index contributed by atoms with van der Waals surface area (Å²) in [7, 11) is -1.98. The molecule has 0 fully saturated rings. The molecule has 1 atom stereocenters. The van der Waals surface area contributed by atoms with Gasteiger partial charge in [0.1, 0.15) is 0 Å². The molecule has 19 heavy (non-hydrogen) atoms. The Morgan fingerprint density at radius 3 is 2.37 bits per heavy atom. The van der Waals surface area contributed by atoms with Crippen LogP contribution in [0.25, 0.3) is 0 Å². The number of Topliss-reactive ketones (excluding diaryl/α,β-unsaturated/α-hetero) is 1. The molecule has 0 aromatic heterocycles. The number of rotatable bonds is 7. The second-order valence-corrected chi connectivity index (χ2v) is 6.10. The maximum Gasteiger partial charge on any atom is 0.240 e. The van der Waals surface area contributed by atoms with Crippen molar-refractivity contribution in [1.82, 2.24) is 4.72 Å². The standard InChI is InChI=1S/C13H19NO4S/c1-10(8-9-18-3)14-19(16,17)13-6-4-12(5-7-13)11(2)15/h4-7,10,14H,8-9H2,1-3H3. The Bertz CT molecular complexity index is 522. The fourth-order valence-electron chi connectivity index (χ4n) is 1.56. The van der Waals surface area contributed by atoms with Crippen LogP contribution in [0.4, 0.5) is 0 Å². The second-order valence-electron chi connectivity index (χ2n) is 4.38. The fourth-order valence-corrected chi connectivity index (χ4v) is 2.83. The van der Waals surface area contributed by atoms with Crippen LogP contribution in [0.15, 0.2) is 29.2 Å². The van der Waals surface area contributed by atoms with E-state index < -0.39 is 10.0 Å². The summed E-state index contributed by atoms with van der Waals surface area (Å²) in [6, 6.07) is 5.68. The van der Waals surface area contributed by atoms with Crippen LogP contribution in [-0.4, -0.2) is 34.0 Å². The summed E-state index contributed by atoms with van der Waals surface area (Å²) < 4.78 is 31.6. The smallest absolute Gasteiger partial charge is 0.240 e. The highest BCUT2D eigenvalue weighted by Gasteiger charge is 2.17. The van der Waals surface area contributed by atoms with Gasteiger partial charge in [-0.3, -0.25) is 4.79 Å². The predicted molar refractivity (Wildman–Crippen MR) is 72.7 cm³/mol. The van der Waals surface area contributed by atoms with Gasteiger partial charge in [-0.2, -0.15) is 0 Å². The molecule has 106 valence electrons. The summed E-state index contributed by atoms with van der Waals surface area (Å²) in [5.74, 6) is -0.0923. The van der Waals surface area contributed by atoms with Crippen molar-refractivity contribution in [2.75, 3.05) is 13.7 Å². The highest BCUT2D eigenvalue weighted by Crippen LogP contribution is 2.12. The minimum Gasteiger partial charge on any atom is -0.385 e. The summed E-state index contributed by atoms with van der Waals surface area (Å²) in [6.07, 6.45) is 0.598. The minimum absolute atomic E-state index is 0.0923. The van der Waals surface area contributed by atoms with E-state index in [0.29, 0.717) is 18.6 Å². The monoisotopic (exact) mass is 285 g/mol. The van der Waals surface area contributed by atoms with E-state index in [9.17, 15) is 13.2 Å². The predicted octanol–water partition coefficient (Wildman–Crippen LogP) is 1.59. The largest absolute Gasteiger partial charge is 0.385 e. The molecule has 1 N–H and O–H groups in total. The lowest BCUT2D eigenvalue weighted by molar-refractivity contribution is 0.101. The average molecular weight is 285 g/mol. The molecule has 6 heteroatoms. The van der Waals surface area contributed by atoms with Crippen molar-refractivity contribution in [1.29, 1.82) is 0 Å². The maximum atomic E-state index is 12.1. The highest BCUT2D eigenvalue weighted by molar-refractivity contribution is 7.89. The van der Waals surface area contributed by atoms with E-state index in [1.165, 1.54) is 31.2 Å². The molecule has 1 unspecified atom stereocenters. The molecule has 0 amide bonds. The first-order chi connectivity index (χ1) is 8.86. The van der Waals surface area contributed by atoms with E-state index in [1.54, 1.807) is 14.0 Å². The van der Waals surface area contributed by atoms with Crippen LogP contribution in [0.3, 0.4) is 0 Å². The summed E-state index contributed by atoms with van der Waals surface area (Å²) in [4.78, 5) is 11.3. The van der Waals surface area contributed by atoms with Gasteiger partial charge < -0.3 is 4.74 Å². The van der Waals surface area contributed by atoms with Crippen LogP contribution in [0.5, 0.6) is 0 Å². The molecule has 0 aliphatic rings. The maximum absolute atomic E-state index is 12.1. The van der Waals surface area contributed by atoms with Crippen molar-refractivity contribution >= 4 is 15.8 Å². The molecule has 0 spiro atoms. The van der Waals surface area contributed by atoms with Crippen molar-refractivity contribution in [2.45, 2.75) is 31.2 Å².